The molecular formula is C17H15NO2. The van der Waals surface area contributed by atoms with E-state index in [0.29, 0.717) is 13.2 Å². The molecule has 0 saturated carbocycles. The zero-order chi connectivity index (χ0) is 13.7. The van der Waals surface area contributed by atoms with Crippen LogP contribution in [0.25, 0.3) is 0 Å². The molecule has 20 heavy (non-hydrogen) atoms. The van der Waals surface area contributed by atoms with Crippen LogP contribution in [0.5, 0.6) is 0 Å². The molecule has 0 spiro atoms. The van der Waals surface area contributed by atoms with E-state index in [1.54, 1.807) is 0 Å². The molecule has 0 radical (unpaired) electrons. The monoisotopic (exact) mass is 265 g/mol. The lowest BCUT2D eigenvalue weighted by atomic mass is 9.93. The van der Waals surface area contributed by atoms with Crippen molar-refractivity contribution in [2.45, 2.75) is 12.6 Å². The maximum Gasteiger partial charge on any atom is 0.257 e. The number of ether oxygens (including phenoxy) is 1. The molecule has 1 amide bonds. The van der Waals surface area contributed by atoms with Crippen molar-refractivity contribution in [3.63, 3.8) is 0 Å². The van der Waals surface area contributed by atoms with Crippen molar-refractivity contribution in [3.05, 3.63) is 70.8 Å². The van der Waals surface area contributed by atoms with E-state index in [9.17, 15) is 4.79 Å². The number of carbonyl (C=O) groups is 1. The summed E-state index contributed by atoms with van der Waals surface area (Å²) in [6, 6.07) is 16.0. The Morgan fingerprint density at radius 2 is 1.85 bits per heavy atom. The highest BCUT2D eigenvalue weighted by Gasteiger charge is 2.54. The third kappa shape index (κ3) is 1.30. The molecule has 4 rings (SSSR count). The van der Waals surface area contributed by atoms with Crippen molar-refractivity contribution in [2.75, 3.05) is 13.2 Å². The van der Waals surface area contributed by atoms with E-state index in [-0.39, 0.29) is 5.91 Å². The zero-order valence-electron chi connectivity index (χ0n) is 11.3. The fourth-order valence-electron chi connectivity index (χ4n) is 3.27. The van der Waals surface area contributed by atoms with Gasteiger partial charge in [0.1, 0.15) is 0 Å². The van der Waals surface area contributed by atoms with Gasteiger partial charge in [0.2, 0.25) is 0 Å². The number of hydrogen-bond donors (Lipinski definition) is 0. The molecule has 0 aromatic heterocycles. The fourth-order valence-corrected chi connectivity index (χ4v) is 3.27. The fraction of sp³-hybridized carbons (Fsp3) is 0.235. The van der Waals surface area contributed by atoms with Crippen molar-refractivity contribution in [1.82, 2.24) is 4.90 Å². The molecule has 1 saturated heterocycles. The molecule has 1 fully saturated rings. The van der Waals surface area contributed by atoms with Crippen LogP contribution in [0.1, 0.15) is 27.0 Å². The molecule has 1 atom stereocenters. The van der Waals surface area contributed by atoms with Crippen molar-refractivity contribution in [2.24, 2.45) is 0 Å². The quantitative estimate of drug-likeness (QED) is 0.793. The third-order valence-electron chi connectivity index (χ3n) is 4.22. The average molecular weight is 265 g/mol. The van der Waals surface area contributed by atoms with Crippen LogP contribution in [0.3, 0.4) is 0 Å². The average Bonchev–Trinajstić information content (AvgIpc) is 3.01. The van der Waals surface area contributed by atoms with Gasteiger partial charge in [-0.1, -0.05) is 48.0 Å². The number of benzene rings is 2. The number of hydrogen-bond acceptors (Lipinski definition) is 2. The highest BCUT2D eigenvalue weighted by atomic mass is 16.5. The summed E-state index contributed by atoms with van der Waals surface area (Å²) in [5, 5.41) is 0. The number of carbonyl (C=O) groups excluding carboxylic acids is 1. The van der Waals surface area contributed by atoms with Crippen LogP contribution < -0.4 is 0 Å². The summed E-state index contributed by atoms with van der Waals surface area (Å²) >= 11 is 0. The van der Waals surface area contributed by atoms with Gasteiger partial charge in [0, 0.05) is 23.2 Å². The Balaban J connectivity index is 1.99. The second kappa shape index (κ2) is 3.93. The molecule has 1 unspecified atom stereocenters. The van der Waals surface area contributed by atoms with Crippen molar-refractivity contribution in [1.29, 1.82) is 0 Å². The second-order valence-corrected chi connectivity index (χ2v) is 5.36. The third-order valence-corrected chi connectivity index (χ3v) is 4.22. The lowest BCUT2D eigenvalue weighted by Gasteiger charge is -2.32. The first-order chi connectivity index (χ1) is 9.73. The minimum Gasteiger partial charge on any atom is -0.345 e. The van der Waals surface area contributed by atoms with Crippen molar-refractivity contribution < 1.29 is 9.53 Å². The number of amides is 1. The van der Waals surface area contributed by atoms with Crippen molar-refractivity contribution in [3.8, 4) is 0 Å². The van der Waals surface area contributed by atoms with Gasteiger partial charge in [-0.25, -0.2) is 0 Å². The molecule has 2 aromatic rings. The number of fused-ring (bicyclic) bond motifs is 3. The van der Waals surface area contributed by atoms with Crippen LogP contribution in [0.4, 0.5) is 0 Å². The largest absolute Gasteiger partial charge is 0.345 e. The molecule has 0 bridgehead atoms. The van der Waals surface area contributed by atoms with Gasteiger partial charge in [-0.15, -0.1) is 0 Å². The summed E-state index contributed by atoms with van der Waals surface area (Å²) in [6.07, 6.45) is 0. The molecule has 3 nitrogen and oxygen atoms in total. The van der Waals surface area contributed by atoms with Gasteiger partial charge >= 0.3 is 0 Å². The molecular weight excluding hydrogens is 250 g/mol. The first-order valence-corrected chi connectivity index (χ1v) is 6.86. The summed E-state index contributed by atoms with van der Waals surface area (Å²) < 4.78 is 6.09. The summed E-state index contributed by atoms with van der Waals surface area (Å²) in [5.41, 5.74) is 3.23. The van der Waals surface area contributed by atoms with Crippen LogP contribution >= 0.6 is 0 Å². The van der Waals surface area contributed by atoms with Crippen LogP contribution in [-0.2, 0) is 10.5 Å². The number of aryl methyl sites for hydroxylation is 1. The van der Waals surface area contributed by atoms with Gasteiger partial charge in [0.05, 0.1) is 6.61 Å². The van der Waals surface area contributed by atoms with Gasteiger partial charge < -0.3 is 4.74 Å². The van der Waals surface area contributed by atoms with E-state index >= 15 is 0 Å². The normalized spacial score (nSPS) is 23.9. The van der Waals surface area contributed by atoms with E-state index in [0.717, 1.165) is 16.7 Å². The lowest BCUT2D eigenvalue weighted by Crippen LogP contribution is -2.40. The van der Waals surface area contributed by atoms with E-state index in [2.05, 4.69) is 31.2 Å². The highest BCUT2D eigenvalue weighted by Crippen LogP contribution is 2.47. The molecule has 0 N–H and O–H groups in total. The summed E-state index contributed by atoms with van der Waals surface area (Å²) in [7, 11) is 0. The Bertz CT molecular complexity index is 692. The minimum atomic E-state index is -0.721. The first-order valence-electron chi connectivity index (χ1n) is 6.86. The molecule has 2 aliphatic rings. The molecule has 2 heterocycles. The summed E-state index contributed by atoms with van der Waals surface area (Å²) in [6.45, 7) is 3.28. The van der Waals surface area contributed by atoms with E-state index in [1.807, 2.05) is 29.2 Å². The Kier molecular flexibility index (Phi) is 2.30. The number of nitrogens with zero attached hydrogens (tertiary/aromatic N) is 1. The van der Waals surface area contributed by atoms with E-state index < -0.39 is 5.72 Å². The molecule has 100 valence electrons. The molecule has 2 aromatic carbocycles. The predicted octanol–water partition coefficient (Wildman–Crippen LogP) is 2.68. The van der Waals surface area contributed by atoms with Crippen LogP contribution in [0, 0.1) is 6.92 Å². The molecule has 0 aliphatic carbocycles. The van der Waals surface area contributed by atoms with E-state index in [4.69, 9.17) is 4.74 Å². The van der Waals surface area contributed by atoms with Crippen molar-refractivity contribution >= 4 is 5.91 Å². The maximum absolute atomic E-state index is 12.6. The highest BCUT2D eigenvalue weighted by molar-refractivity contribution is 6.00. The standard InChI is InChI=1S/C17H15NO2/c1-12-6-8-13(9-7-12)17-15-5-3-2-4-14(15)16(19)18(17)10-11-20-17/h2-9H,10-11H2,1H3. The van der Waals surface area contributed by atoms with Gasteiger partial charge in [-0.2, -0.15) is 0 Å². The van der Waals surface area contributed by atoms with Crippen LogP contribution in [-0.4, -0.2) is 24.0 Å². The Labute approximate surface area is 117 Å². The Morgan fingerprint density at radius 1 is 1.10 bits per heavy atom. The summed E-state index contributed by atoms with van der Waals surface area (Å²) in [5.74, 6) is 0.0682. The van der Waals surface area contributed by atoms with Gasteiger partial charge in [-0.05, 0) is 13.0 Å². The lowest BCUT2D eigenvalue weighted by molar-refractivity contribution is -0.0304. The summed E-state index contributed by atoms with van der Waals surface area (Å²) in [4.78, 5) is 14.4. The van der Waals surface area contributed by atoms with Gasteiger partial charge in [-0.3, -0.25) is 9.69 Å². The predicted molar refractivity (Wildman–Crippen MR) is 75.4 cm³/mol. The Hall–Kier alpha value is -2.13. The SMILES string of the molecule is Cc1ccc(C23OCCN2C(=O)c2ccccc23)cc1. The number of rotatable bonds is 1. The smallest absolute Gasteiger partial charge is 0.257 e. The first kappa shape index (κ1) is 11.7. The second-order valence-electron chi connectivity index (χ2n) is 5.36. The van der Waals surface area contributed by atoms with Gasteiger partial charge in [0.25, 0.3) is 5.91 Å². The zero-order valence-corrected chi connectivity index (χ0v) is 11.3. The van der Waals surface area contributed by atoms with Gasteiger partial charge in [0.15, 0.2) is 5.72 Å². The van der Waals surface area contributed by atoms with E-state index in [1.165, 1.54) is 5.56 Å². The minimum absolute atomic E-state index is 0.0682. The molecule has 3 heteroatoms. The van der Waals surface area contributed by atoms with Crippen LogP contribution in [0.2, 0.25) is 0 Å². The Morgan fingerprint density at radius 3 is 2.65 bits per heavy atom. The topological polar surface area (TPSA) is 29.5 Å². The van der Waals surface area contributed by atoms with Crippen LogP contribution in [0.15, 0.2) is 48.5 Å². The maximum atomic E-state index is 12.6. The molecule has 2 aliphatic heterocycles.